The van der Waals surface area contributed by atoms with Crippen molar-refractivity contribution in [1.82, 2.24) is 9.97 Å². The molecule has 0 aromatic carbocycles. The highest BCUT2D eigenvalue weighted by Crippen LogP contribution is 2.47. The van der Waals surface area contributed by atoms with Crippen LogP contribution in [0.4, 0.5) is 0 Å². The van der Waals surface area contributed by atoms with Gasteiger partial charge >= 0.3 is 0 Å². The minimum absolute atomic E-state index is 0.337. The molecule has 3 nitrogen and oxygen atoms in total. The lowest BCUT2D eigenvalue weighted by molar-refractivity contribution is -0.0948. The zero-order valence-electron chi connectivity index (χ0n) is 12.0. The Morgan fingerprint density at radius 2 is 1.60 bits per heavy atom. The summed E-state index contributed by atoms with van der Waals surface area (Å²) in [5.41, 5.74) is -0.123. The molecule has 0 N–H and O–H groups in total. The molecular formula is C14H19BrCl2N2O. The molecule has 1 saturated carbocycles. The lowest BCUT2D eigenvalue weighted by Gasteiger charge is -2.42. The van der Waals surface area contributed by atoms with E-state index >= 15 is 0 Å². The fourth-order valence-corrected chi connectivity index (χ4v) is 3.20. The van der Waals surface area contributed by atoms with Crippen molar-refractivity contribution in [3.05, 3.63) is 20.6 Å². The highest BCUT2D eigenvalue weighted by molar-refractivity contribution is 9.10. The minimum Gasteiger partial charge on any atom is -0.367 e. The maximum atomic E-state index is 6.12. The summed E-state index contributed by atoms with van der Waals surface area (Å²) in [7, 11) is 0. The Balaban J connectivity index is 2.39. The number of hydrogen-bond donors (Lipinski definition) is 0. The molecule has 0 aliphatic heterocycles. The average Bonchev–Trinajstić information content (AvgIpc) is 2.38. The Labute approximate surface area is 138 Å². The lowest BCUT2D eigenvalue weighted by atomic mass is 9.70. The number of hydrogen-bond acceptors (Lipinski definition) is 3. The van der Waals surface area contributed by atoms with Crippen molar-refractivity contribution in [2.45, 2.75) is 52.1 Å². The van der Waals surface area contributed by atoms with Gasteiger partial charge < -0.3 is 4.74 Å². The van der Waals surface area contributed by atoms with E-state index in [1.54, 1.807) is 0 Å². The predicted octanol–water partition coefficient (Wildman–Crippen LogP) is 5.38. The van der Waals surface area contributed by atoms with Crippen molar-refractivity contribution in [1.29, 1.82) is 0 Å². The van der Waals surface area contributed by atoms with Crippen LogP contribution in [0.3, 0.4) is 0 Å². The first kappa shape index (κ1) is 16.5. The van der Waals surface area contributed by atoms with Crippen molar-refractivity contribution in [2.75, 3.05) is 6.61 Å². The van der Waals surface area contributed by atoms with E-state index in [0.717, 1.165) is 25.7 Å². The topological polar surface area (TPSA) is 35.0 Å². The first-order valence-corrected chi connectivity index (χ1v) is 8.37. The molecule has 1 aliphatic rings. The van der Waals surface area contributed by atoms with Gasteiger partial charge in [0, 0.05) is 6.61 Å². The molecule has 112 valence electrons. The SMILES string of the molecule is CCOC1(c2nc(Cl)c(Br)c(Cl)n2)CCC(C)(C)CC1. The maximum Gasteiger partial charge on any atom is 0.163 e. The second-order valence-corrected chi connectivity index (χ2v) is 7.54. The number of ether oxygens (including phenoxy) is 1. The third-order valence-corrected chi connectivity index (χ3v) is 5.76. The molecule has 0 saturated heterocycles. The first-order valence-electron chi connectivity index (χ1n) is 6.83. The van der Waals surface area contributed by atoms with Gasteiger partial charge in [0.25, 0.3) is 0 Å². The molecule has 1 aliphatic carbocycles. The van der Waals surface area contributed by atoms with Crippen molar-refractivity contribution < 1.29 is 4.74 Å². The van der Waals surface area contributed by atoms with Gasteiger partial charge in [0.15, 0.2) is 5.82 Å². The molecule has 0 unspecified atom stereocenters. The van der Waals surface area contributed by atoms with Gasteiger partial charge in [-0.3, -0.25) is 0 Å². The maximum absolute atomic E-state index is 6.12. The molecule has 1 heterocycles. The van der Waals surface area contributed by atoms with E-state index in [-0.39, 0.29) is 0 Å². The monoisotopic (exact) mass is 380 g/mol. The van der Waals surface area contributed by atoms with Crippen molar-refractivity contribution in [3.63, 3.8) is 0 Å². The zero-order chi connectivity index (χ0) is 15.0. The van der Waals surface area contributed by atoms with Gasteiger partial charge in [0.05, 0.1) is 4.47 Å². The van der Waals surface area contributed by atoms with Crippen LogP contribution in [0.15, 0.2) is 4.47 Å². The quantitative estimate of drug-likeness (QED) is 0.659. The van der Waals surface area contributed by atoms with E-state index < -0.39 is 5.60 Å². The fourth-order valence-electron chi connectivity index (χ4n) is 2.64. The smallest absolute Gasteiger partial charge is 0.163 e. The van der Waals surface area contributed by atoms with Crippen LogP contribution in [-0.4, -0.2) is 16.6 Å². The minimum atomic E-state index is -0.460. The molecule has 0 radical (unpaired) electrons. The summed E-state index contributed by atoms with van der Waals surface area (Å²) in [6.45, 7) is 7.18. The summed E-state index contributed by atoms with van der Waals surface area (Å²) in [5.74, 6) is 0.605. The molecule has 0 amide bonds. The van der Waals surface area contributed by atoms with Crippen LogP contribution in [0.1, 0.15) is 52.3 Å². The highest BCUT2D eigenvalue weighted by Gasteiger charge is 2.43. The van der Waals surface area contributed by atoms with E-state index in [2.05, 4.69) is 39.7 Å². The Morgan fingerprint density at radius 1 is 1.10 bits per heavy atom. The normalized spacial score (nSPS) is 20.9. The third kappa shape index (κ3) is 3.29. The molecule has 1 fully saturated rings. The number of aromatic nitrogens is 2. The average molecular weight is 382 g/mol. The summed E-state index contributed by atoms with van der Waals surface area (Å²) >= 11 is 15.5. The number of nitrogens with zero attached hydrogens (tertiary/aromatic N) is 2. The molecule has 1 aromatic heterocycles. The van der Waals surface area contributed by atoms with Crippen molar-refractivity contribution in [3.8, 4) is 0 Å². The molecular weight excluding hydrogens is 363 g/mol. The predicted molar refractivity (Wildman–Crippen MR) is 85.3 cm³/mol. The Bertz CT molecular complexity index is 475. The van der Waals surface area contributed by atoms with Crippen LogP contribution in [0.5, 0.6) is 0 Å². The second kappa shape index (κ2) is 6.07. The van der Waals surface area contributed by atoms with Crippen LogP contribution in [0.2, 0.25) is 10.3 Å². The Hall–Kier alpha value is 0.1000. The Kier molecular flexibility index (Phi) is 5.00. The molecule has 0 bridgehead atoms. The molecule has 0 spiro atoms. The molecule has 0 atom stereocenters. The highest BCUT2D eigenvalue weighted by atomic mass is 79.9. The van der Waals surface area contributed by atoms with E-state index in [9.17, 15) is 0 Å². The number of halogens is 3. The van der Waals surface area contributed by atoms with E-state index in [1.165, 1.54) is 0 Å². The van der Waals surface area contributed by atoms with E-state index in [4.69, 9.17) is 27.9 Å². The summed E-state index contributed by atoms with van der Waals surface area (Å²) in [6, 6.07) is 0. The van der Waals surface area contributed by atoms with E-state index in [1.807, 2.05) is 6.92 Å². The van der Waals surface area contributed by atoms with Gasteiger partial charge in [-0.15, -0.1) is 0 Å². The Morgan fingerprint density at radius 3 is 2.05 bits per heavy atom. The molecule has 6 heteroatoms. The van der Waals surface area contributed by atoms with Crippen molar-refractivity contribution in [2.24, 2.45) is 5.41 Å². The van der Waals surface area contributed by atoms with Crippen LogP contribution in [-0.2, 0) is 10.3 Å². The second-order valence-electron chi connectivity index (χ2n) is 6.03. The summed E-state index contributed by atoms with van der Waals surface area (Å²) in [6.07, 6.45) is 3.92. The third-order valence-electron chi connectivity index (χ3n) is 4.01. The van der Waals surface area contributed by atoms with Crippen LogP contribution < -0.4 is 0 Å². The molecule has 20 heavy (non-hydrogen) atoms. The van der Waals surface area contributed by atoms with Gasteiger partial charge in [-0.05, 0) is 54.0 Å². The van der Waals surface area contributed by atoms with Gasteiger partial charge in [0.1, 0.15) is 15.9 Å². The lowest BCUT2D eigenvalue weighted by Crippen LogP contribution is -2.39. The zero-order valence-corrected chi connectivity index (χ0v) is 15.1. The van der Waals surface area contributed by atoms with Gasteiger partial charge in [-0.25, -0.2) is 9.97 Å². The van der Waals surface area contributed by atoms with Gasteiger partial charge in [0.2, 0.25) is 0 Å². The fraction of sp³-hybridized carbons (Fsp3) is 0.714. The van der Waals surface area contributed by atoms with E-state index in [0.29, 0.717) is 32.6 Å². The summed E-state index contributed by atoms with van der Waals surface area (Å²) in [4.78, 5) is 8.79. The van der Waals surface area contributed by atoms with Crippen LogP contribution in [0.25, 0.3) is 0 Å². The first-order chi connectivity index (χ1) is 9.30. The largest absolute Gasteiger partial charge is 0.367 e. The standard InChI is InChI=1S/C14H19BrCl2N2O/c1-4-20-14(7-5-13(2,3)6-8-14)12-18-10(16)9(15)11(17)19-12/h4-8H2,1-3H3. The number of rotatable bonds is 3. The van der Waals surface area contributed by atoms with Crippen molar-refractivity contribution >= 4 is 39.1 Å². The molecule has 1 aromatic rings. The summed E-state index contributed by atoms with van der Waals surface area (Å²) in [5, 5.41) is 0.674. The van der Waals surface area contributed by atoms with Crippen LogP contribution >= 0.6 is 39.1 Å². The summed E-state index contributed by atoms with van der Waals surface area (Å²) < 4.78 is 6.58. The molecule has 2 rings (SSSR count). The van der Waals surface area contributed by atoms with Gasteiger partial charge in [-0.1, -0.05) is 37.0 Å². The van der Waals surface area contributed by atoms with Crippen LogP contribution in [0, 0.1) is 5.41 Å². The van der Waals surface area contributed by atoms with Gasteiger partial charge in [-0.2, -0.15) is 0 Å².